The van der Waals surface area contributed by atoms with Crippen LogP contribution in [0, 0.1) is 5.82 Å². The van der Waals surface area contributed by atoms with Crippen molar-refractivity contribution in [3.05, 3.63) is 58.3 Å². The van der Waals surface area contributed by atoms with Crippen LogP contribution in [0.1, 0.15) is 5.69 Å². The largest absolute Gasteiger partial charge is 0.325 e. The van der Waals surface area contributed by atoms with Crippen molar-refractivity contribution in [3.8, 4) is 11.1 Å². The number of hydrogen-bond donors (Lipinski definition) is 1. The molecule has 0 radical (unpaired) electrons. The summed E-state index contributed by atoms with van der Waals surface area (Å²) in [5.41, 5.74) is 2.18. The minimum absolute atomic E-state index is 0.158. The Hall–Kier alpha value is -1.42. The summed E-state index contributed by atoms with van der Waals surface area (Å²) in [7, 11) is 0. The zero-order valence-corrected chi connectivity index (χ0v) is 9.92. The van der Waals surface area contributed by atoms with Crippen molar-refractivity contribution in [1.29, 1.82) is 0 Å². The molecule has 4 heteroatoms. The Balaban J connectivity index is 2.59. The molecule has 2 nitrogen and oxygen atoms in total. The molecule has 0 amide bonds. The molecular weight excluding hydrogens is 273 g/mol. The molecule has 0 fully saturated rings. The monoisotopic (exact) mass is 281 g/mol. The van der Waals surface area contributed by atoms with Crippen molar-refractivity contribution in [3.63, 3.8) is 0 Å². The zero-order chi connectivity index (χ0) is 11.5. The Labute approximate surface area is 100 Å². The SMILES string of the molecule is O=c1ccc(-c2cccc(F)c2)c(CBr)[nH]1. The van der Waals surface area contributed by atoms with Crippen LogP contribution in [0.25, 0.3) is 11.1 Å². The van der Waals surface area contributed by atoms with Gasteiger partial charge in [0, 0.05) is 22.7 Å². The number of nitrogens with one attached hydrogen (secondary N) is 1. The van der Waals surface area contributed by atoms with Crippen LogP contribution in [0.2, 0.25) is 0 Å². The second-order valence-electron chi connectivity index (χ2n) is 3.36. The lowest BCUT2D eigenvalue weighted by molar-refractivity contribution is 0.628. The molecule has 0 saturated heterocycles. The summed E-state index contributed by atoms with van der Waals surface area (Å²) >= 11 is 3.29. The first kappa shape index (κ1) is 11.1. The van der Waals surface area contributed by atoms with Crippen LogP contribution in [-0.2, 0) is 5.33 Å². The maximum Gasteiger partial charge on any atom is 0.248 e. The lowest BCUT2D eigenvalue weighted by Crippen LogP contribution is -2.07. The molecule has 2 rings (SSSR count). The van der Waals surface area contributed by atoms with E-state index in [9.17, 15) is 9.18 Å². The highest BCUT2D eigenvalue weighted by molar-refractivity contribution is 9.08. The molecule has 1 heterocycles. The highest BCUT2D eigenvalue weighted by atomic mass is 79.9. The van der Waals surface area contributed by atoms with Gasteiger partial charge in [0.25, 0.3) is 0 Å². The van der Waals surface area contributed by atoms with Gasteiger partial charge in [-0.3, -0.25) is 4.79 Å². The third-order valence-corrected chi connectivity index (χ3v) is 2.83. The first-order valence-corrected chi connectivity index (χ1v) is 5.87. The number of benzene rings is 1. The van der Waals surface area contributed by atoms with Gasteiger partial charge in [0.2, 0.25) is 5.56 Å². The number of alkyl halides is 1. The molecule has 2 aromatic rings. The molecule has 0 aliphatic rings. The van der Waals surface area contributed by atoms with Crippen LogP contribution in [0.15, 0.2) is 41.2 Å². The molecular formula is C12H9BrFNO. The highest BCUT2D eigenvalue weighted by Crippen LogP contribution is 2.23. The molecule has 1 aromatic heterocycles. The van der Waals surface area contributed by atoms with Gasteiger partial charge in [-0.2, -0.15) is 0 Å². The number of aromatic nitrogens is 1. The van der Waals surface area contributed by atoms with Crippen LogP contribution in [0.4, 0.5) is 4.39 Å². The minimum atomic E-state index is -0.288. The smallest absolute Gasteiger partial charge is 0.248 e. The predicted molar refractivity (Wildman–Crippen MR) is 65.1 cm³/mol. The molecule has 0 saturated carbocycles. The number of halogens is 2. The Kier molecular flexibility index (Phi) is 3.19. The van der Waals surface area contributed by atoms with Crippen molar-refractivity contribution < 1.29 is 4.39 Å². The van der Waals surface area contributed by atoms with Crippen LogP contribution < -0.4 is 5.56 Å². The van der Waals surface area contributed by atoms with Gasteiger partial charge < -0.3 is 4.98 Å². The summed E-state index contributed by atoms with van der Waals surface area (Å²) < 4.78 is 13.1. The van der Waals surface area contributed by atoms with Gasteiger partial charge >= 0.3 is 0 Å². The summed E-state index contributed by atoms with van der Waals surface area (Å²) in [6.07, 6.45) is 0. The fourth-order valence-corrected chi connectivity index (χ4v) is 1.99. The first-order chi connectivity index (χ1) is 7.70. The van der Waals surface area contributed by atoms with E-state index >= 15 is 0 Å². The van der Waals surface area contributed by atoms with E-state index in [1.54, 1.807) is 12.1 Å². The summed E-state index contributed by atoms with van der Waals surface area (Å²) in [5.74, 6) is -0.288. The summed E-state index contributed by atoms with van der Waals surface area (Å²) in [6, 6.07) is 9.43. The van der Waals surface area contributed by atoms with Gasteiger partial charge in [-0.25, -0.2) is 4.39 Å². The van der Waals surface area contributed by atoms with Crippen molar-refractivity contribution in [1.82, 2.24) is 4.98 Å². The van der Waals surface area contributed by atoms with E-state index in [2.05, 4.69) is 20.9 Å². The number of H-pyrrole nitrogens is 1. The number of rotatable bonds is 2. The third-order valence-electron chi connectivity index (χ3n) is 2.27. The minimum Gasteiger partial charge on any atom is -0.325 e. The lowest BCUT2D eigenvalue weighted by Gasteiger charge is -2.06. The summed E-state index contributed by atoms with van der Waals surface area (Å²) in [4.78, 5) is 13.9. The Morgan fingerprint density at radius 1 is 1.25 bits per heavy atom. The molecule has 0 atom stereocenters. The van der Waals surface area contributed by atoms with E-state index in [0.717, 1.165) is 16.8 Å². The van der Waals surface area contributed by atoms with E-state index < -0.39 is 0 Å². The van der Waals surface area contributed by atoms with Crippen molar-refractivity contribution in [2.75, 3.05) is 0 Å². The Bertz CT molecular complexity index is 565. The number of pyridine rings is 1. The fourth-order valence-electron chi connectivity index (χ4n) is 1.55. The maximum atomic E-state index is 13.1. The summed E-state index contributed by atoms with van der Waals surface area (Å²) in [5, 5.41) is 0.523. The molecule has 0 spiro atoms. The maximum absolute atomic E-state index is 13.1. The highest BCUT2D eigenvalue weighted by Gasteiger charge is 2.05. The van der Waals surface area contributed by atoms with E-state index in [-0.39, 0.29) is 11.4 Å². The topological polar surface area (TPSA) is 32.9 Å². The number of aromatic amines is 1. The van der Waals surface area contributed by atoms with Crippen LogP contribution in [-0.4, -0.2) is 4.98 Å². The van der Waals surface area contributed by atoms with Crippen LogP contribution >= 0.6 is 15.9 Å². The first-order valence-electron chi connectivity index (χ1n) is 4.75. The van der Waals surface area contributed by atoms with Gasteiger partial charge in [0.1, 0.15) is 5.82 Å². The third kappa shape index (κ3) is 2.22. The van der Waals surface area contributed by atoms with Crippen molar-refractivity contribution >= 4 is 15.9 Å². The number of hydrogen-bond acceptors (Lipinski definition) is 1. The van der Waals surface area contributed by atoms with Crippen molar-refractivity contribution in [2.45, 2.75) is 5.33 Å². The lowest BCUT2D eigenvalue weighted by atomic mass is 10.0. The Morgan fingerprint density at radius 2 is 2.06 bits per heavy atom. The second kappa shape index (κ2) is 4.61. The standard InChI is InChI=1S/C12H9BrFNO/c13-7-11-10(4-5-12(16)15-11)8-2-1-3-9(14)6-8/h1-6H,7H2,(H,15,16). The van der Waals surface area contributed by atoms with Crippen molar-refractivity contribution in [2.24, 2.45) is 0 Å². The van der Waals surface area contributed by atoms with Gasteiger partial charge in [-0.1, -0.05) is 28.1 Å². The molecule has 82 valence electrons. The Morgan fingerprint density at radius 3 is 2.75 bits per heavy atom. The van der Waals surface area contributed by atoms with E-state index in [4.69, 9.17) is 0 Å². The molecule has 1 N–H and O–H groups in total. The summed E-state index contributed by atoms with van der Waals surface area (Å²) in [6.45, 7) is 0. The molecule has 0 aliphatic carbocycles. The predicted octanol–water partition coefficient (Wildman–Crippen LogP) is 3.08. The normalized spacial score (nSPS) is 10.4. The van der Waals surface area contributed by atoms with Gasteiger partial charge in [-0.05, 0) is 23.8 Å². The molecule has 1 aromatic carbocycles. The molecule has 16 heavy (non-hydrogen) atoms. The van der Waals surface area contributed by atoms with Crippen LogP contribution in [0.5, 0.6) is 0 Å². The van der Waals surface area contributed by atoms with Crippen LogP contribution in [0.3, 0.4) is 0 Å². The second-order valence-corrected chi connectivity index (χ2v) is 3.92. The molecule has 0 bridgehead atoms. The quantitative estimate of drug-likeness (QED) is 0.844. The fraction of sp³-hybridized carbons (Fsp3) is 0.0833. The molecule has 0 unspecified atom stereocenters. The van der Waals surface area contributed by atoms with E-state index in [0.29, 0.717) is 5.33 Å². The molecule has 0 aliphatic heterocycles. The van der Waals surface area contributed by atoms with E-state index in [1.807, 2.05) is 6.07 Å². The van der Waals surface area contributed by atoms with Gasteiger partial charge in [0.15, 0.2) is 0 Å². The average Bonchev–Trinajstić information content (AvgIpc) is 2.28. The van der Waals surface area contributed by atoms with Gasteiger partial charge in [0.05, 0.1) is 0 Å². The van der Waals surface area contributed by atoms with Gasteiger partial charge in [-0.15, -0.1) is 0 Å². The van der Waals surface area contributed by atoms with E-state index in [1.165, 1.54) is 18.2 Å². The zero-order valence-electron chi connectivity index (χ0n) is 8.34. The average molecular weight is 282 g/mol.